The lowest BCUT2D eigenvalue weighted by atomic mass is 9.96. The fourth-order valence-electron chi connectivity index (χ4n) is 1.44. The zero-order valence-corrected chi connectivity index (χ0v) is 9.06. The van der Waals surface area contributed by atoms with Gasteiger partial charge in [0, 0.05) is 19.6 Å². The van der Waals surface area contributed by atoms with Crippen molar-refractivity contribution in [3.05, 3.63) is 0 Å². The Kier molecular flexibility index (Phi) is 5.51. The fourth-order valence-corrected chi connectivity index (χ4v) is 1.44. The lowest BCUT2D eigenvalue weighted by molar-refractivity contribution is 0.196. The molecule has 0 spiro atoms. The summed E-state index contributed by atoms with van der Waals surface area (Å²) in [6.07, 6.45) is 1.22. The maximum absolute atomic E-state index is 5.54. The van der Waals surface area contributed by atoms with E-state index in [1.165, 1.54) is 13.0 Å². The minimum atomic E-state index is 0.393. The van der Waals surface area contributed by atoms with E-state index in [0.717, 1.165) is 19.6 Å². The Morgan fingerprint density at radius 1 is 1.17 bits per heavy atom. The highest BCUT2D eigenvalue weighted by Crippen LogP contribution is 2.14. The predicted molar refractivity (Wildman–Crippen MR) is 55.2 cm³/mol. The first kappa shape index (κ1) is 11.9. The van der Waals surface area contributed by atoms with Crippen LogP contribution < -0.4 is 5.73 Å². The van der Waals surface area contributed by atoms with E-state index >= 15 is 0 Å². The number of rotatable bonds is 5. The van der Waals surface area contributed by atoms with E-state index in [4.69, 9.17) is 5.73 Å². The molecule has 0 aromatic rings. The molecule has 0 unspecified atom stereocenters. The van der Waals surface area contributed by atoms with Gasteiger partial charge in [-0.3, -0.25) is 0 Å². The SMILES string of the molecule is CCCN(CCN)CC(C)(C)C. The first-order valence-electron chi connectivity index (χ1n) is 4.92. The average Bonchev–Trinajstić information content (AvgIpc) is 1.84. The van der Waals surface area contributed by atoms with Crippen molar-refractivity contribution in [3.63, 3.8) is 0 Å². The molecule has 12 heavy (non-hydrogen) atoms. The second-order valence-corrected chi connectivity index (χ2v) is 4.63. The van der Waals surface area contributed by atoms with Crippen LogP contribution in [-0.4, -0.2) is 31.1 Å². The van der Waals surface area contributed by atoms with Crippen molar-refractivity contribution in [2.45, 2.75) is 34.1 Å². The van der Waals surface area contributed by atoms with E-state index in [-0.39, 0.29) is 0 Å². The van der Waals surface area contributed by atoms with Crippen LogP contribution in [0.4, 0.5) is 0 Å². The molecule has 0 aliphatic carbocycles. The predicted octanol–water partition coefficient (Wildman–Crippen LogP) is 1.70. The Labute approximate surface area is 77.1 Å². The van der Waals surface area contributed by atoms with Crippen LogP contribution >= 0.6 is 0 Å². The number of hydrogen-bond acceptors (Lipinski definition) is 2. The first-order valence-corrected chi connectivity index (χ1v) is 4.92. The van der Waals surface area contributed by atoms with E-state index < -0.39 is 0 Å². The van der Waals surface area contributed by atoms with Crippen molar-refractivity contribution in [1.29, 1.82) is 0 Å². The van der Waals surface area contributed by atoms with Gasteiger partial charge in [-0.2, -0.15) is 0 Å². The third-order valence-electron chi connectivity index (χ3n) is 1.68. The summed E-state index contributed by atoms with van der Waals surface area (Å²) in [5.74, 6) is 0. The normalized spacial score (nSPS) is 12.5. The van der Waals surface area contributed by atoms with E-state index in [1.807, 2.05) is 0 Å². The van der Waals surface area contributed by atoms with Crippen LogP contribution in [0.2, 0.25) is 0 Å². The van der Waals surface area contributed by atoms with Crippen LogP contribution in [0.5, 0.6) is 0 Å². The van der Waals surface area contributed by atoms with Gasteiger partial charge < -0.3 is 10.6 Å². The summed E-state index contributed by atoms with van der Waals surface area (Å²) >= 11 is 0. The van der Waals surface area contributed by atoms with Crippen LogP contribution in [0.3, 0.4) is 0 Å². The molecule has 0 aliphatic heterocycles. The van der Waals surface area contributed by atoms with Crippen molar-refractivity contribution < 1.29 is 0 Å². The molecule has 0 aromatic heterocycles. The Bertz CT molecular complexity index is 98.9. The van der Waals surface area contributed by atoms with Gasteiger partial charge in [-0.05, 0) is 18.4 Å². The second kappa shape index (κ2) is 5.55. The molecule has 74 valence electrons. The summed E-state index contributed by atoms with van der Waals surface area (Å²) in [5, 5.41) is 0. The number of hydrogen-bond donors (Lipinski definition) is 1. The smallest absolute Gasteiger partial charge is 0.0105 e. The van der Waals surface area contributed by atoms with Crippen LogP contribution in [-0.2, 0) is 0 Å². The summed E-state index contributed by atoms with van der Waals surface area (Å²) in [6.45, 7) is 13.2. The van der Waals surface area contributed by atoms with Gasteiger partial charge in [0.1, 0.15) is 0 Å². The second-order valence-electron chi connectivity index (χ2n) is 4.63. The molecule has 0 amide bonds. The molecule has 0 aromatic carbocycles. The van der Waals surface area contributed by atoms with Crippen molar-refractivity contribution in [1.82, 2.24) is 4.90 Å². The van der Waals surface area contributed by atoms with E-state index in [0.29, 0.717) is 5.41 Å². The van der Waals surface area contributed by atoms with Gasteiger partial charge in [0.05, 0.1) is 0 Å². The van der Waals surface area contributed by atoms with Crippen molar-refractivity contribution in [2.75, 3.05) is 26.2 Å². The molecule has 0 rings (SSSR count). The molecular weight excluding hydrogens is 148 g/mol. The topological polar surface area (TPSA) is 29.3 Å². The number of nitrogens with zero attached hydrogens (tertiary/aromatic N) is 1. The summed E-state index contributed by atoms with van der Waals surface area (Å²) in [4.78, 5) is 2.44. The highest BCUT2D eigenvalue weighted by atomic mass is 15.1. The molecule has 2 heteroatoms. The molecular formula is C10H24N2. The molecule has 0 fully saturated rings. The third-order valence-corrected chi connectivity index (χ3v) is 1.68. The molecule has 0 saturated carbocycles. The fraction of sp³-hybridized carbons (Fsp3) is 1.00. The molecule has 0 heterocycles. The maximum Gasteiger partial charge on any atom is 0.0105 e. The average molecular weight is 172 g/mol. The summed E-state index contributed by atoms with van der Waals surface area (Å²) in [7, 11) is 0. The van der Waals surface area contributed by atoms with Crippen molar-refractivity contribution in [3.8, 4) is 0 Å². The van der Waals surface area contributed by atoms with Gasteiger partial charge in [-0.25, -0.2) is 0 Å². The Hall–Kier alpha value is -0.0800. The highest BCUT2D eigenvalue weighted by molar-refractivity contribution is 4.68. The van der Waals surface area contributed by atoms with Gasteiger partial charge >= 0.3 is 0 Å². The van der Waals surface area contributed by atoms with Gasteiger partial charge in [0.25, 0.3) is 0 Å². The highest BCUT2D eigenvalue weighted by Gasteiger charge is 2.14. The molecule has 0 radical (unpaired) electrons. The summed E-state index contributed by atoms with van der Waals surface area (Å²) in [5.41, 5.74) is 5.93. The molecule has 0 aliphatic rings. The standard InChI is InChI=1S/C10H24N2/c1-5-7-12(8-6-11)9-10(2,3)4/h5-9,11H2,1-4H3. The van der Waals surface area contributed by atoms with Crippen molar-refractivity contribution in [2.24, 2.45) is 11.1 Å². The molecule has 0 atom stereocenters. The molecule has 0 saturated heterocycles. The third kappa shape index (κ3) is 6.62. The van der Waals surface area contributed by atoms with Gasteiger partial charge in [-0.1, -0.05) is 27.7 Å². The zero-order chi connectivity index (χ0) is 9.61. The zero-order valence-electron chi connectivity index (χ0n) is 9.06. The Morgan fingerprint density at radius 3 is 2.08 bits per heavy atom. The Morgan fingerprint density at radius 2 is 1.75 bits per heavy atom. The Balaban J connectivity index is 3.77. The lowest BCUT2D eigenvalue weighted by Crippen LogP contribution is -2.36. The van der Waals surface area contributed by atoms with E-state index in [9.17, 15) is 0 Å². The van der Waals surface area contributed by atoms with Crippen LogP contribution in [0.1, 0.15) is 34.1 Å². The lowest BCUT2D eigenvalue weighted by Gasteiger charge is -2.29. The quantitative estimate of drug-likeness (QED) is 0.684. The largest absolute Gasteiger partial charge is 0.329 e. The van der Waals surface area contributed by atoms with Gasteiger partial charge in [0.2, 0.25) is 0 Å². The summed E-state index contributed by atoms with van der Waals surface area (Å²) < 4.78 is 0. The maximum atomic E-state index is 5.54. The number of nitrogens with two attached hydrogens (primary N) is 1. The van der Waals surface area contributed by atoms with Gasteiger partial charge in [0.15, 0.2) is 0 Å². The van der Waals surface area contributed by atoms with Crippen LogP contribution in [0, 0.1) is 5.41 Å². The van der Waals surface area contributed by atoms with Crippen LogP contribution in [0.25, 0.3) is 0 Å². The van der Waals surface area contributed by atoms with Crippen molar-refractivity contribution >= 4 is 0 Å². The van der Waals surface area contributed by atoms with E-state index in [1.54, 1.807) is 0 Å². The monoisotopic (exact) mass is 172 g/mol. The molecule has 0 bridgehead atoms. The minimum absolute atomic E-state index is 0.393. The van der Waals surface area contributed by atoms with E-state index in [2.05, 4.69) is 32.6 Å². The van der Waals surface area contributed by atoms with Gasteiger partial charge in [-0.15, -0.1) is 0 Å². The summed E-state index contributed by atoms with van der Waals surface area (Å²) in [6, 6.07) is 0. The van der Waals surface area contributed by atoms with Crippen LogP contribution in [0.15, 0.2) is 0 Å². The molecule has 2 N–H and O–H groups in total. The molecule has 2 nitrogen and oxygen atoms in total. The minimum Gasteiger partial charge on any atom is -0.329 e. The first-order chi connectivity index (χ1) is 5.49.